The molecule has 0 amide bonds. The molecule has 0 N–H and O–H groups in total. The van der Waals surface area contributed by atoms with Gasteiger partial charge in [0.1, 0.15) is 0 Å². The van der Waals surface area contributed by atoms with Crippen LogP contribution in [-0.2, 0) is 5.41 Å². The van der Waals surface area contributed by atoms with Crippen LogP contribution in [0.2, 0.25) is 0 Å². The lowest BCUT2D eigenvalue weighted by Crippen LogP contribution is -2.26. The molecule has 2 aliphatic rings. The van der Waals surface area contributed by atoms with Crippen molar-refractivity contribution in [2.45, 2.75) is 5.41 Å². The number of aromatic nitrogens is 3. The standard InChI is InChI=1S/C52H31N3S/c1-2-15-32(16-3-1)49-53-50(55-51(54-49)42-26-14-25-41-39-22-7-11-30-46(39)56-48(41)42)34-18-12-17-33(31-34)35-23-13-24-40-38-21-6-10-29-45(38)52(47(35)40)43-27-8-4-19-36(43)37-20-5-9-28-44(37)52/h1-31H. The van der Waals surface area contributed by atoms with Gasteiger partial charge in [0.2, 0.25) is 0 Å². The molecule has 0 unspecified atom stereocenters. The monoisotopic (exact) mass is 729 g/mol. The molecule has 0 saturated heterocycles. The van der Waals surface area contributed by atoms with E-state index in [1.165, 1.54) is 70.2 Å². The number of benzene rings is 8. The molecule has 0 atom stereocenters. The average molecular weight is 730 g/mol. The van der Waals surface area contributed by atoms with E-state index in [-0.39, 0.29) is 0 Å². The van der Waals surface area contributed by atoms with Gasteiger partial charge in [-0.15, -0.1) is 11.3 Å². The molecular formula is C52H31N3S. The number of hydrogen-bond donors (Lipinski definition) is 0. The van der Waals surface area contributed by atoms with Crippen molar-refractivity contribution < 1.29 is 0 Å². The Labute approximate surface area is 328 Å². The van der Waals surface area contributed by atoms with E-state index in [9.17, 15) is 0 Å². The maximum atomic E-state index is 5.27. The van der Waals surface area contributed by atoms with Gasteiger partial charge in [-0.2, -0.15) is 0 Å². The van der Waals surface area contributed by atoms with E-state index >= 15 is 0 Å². The minimum atomic E-state index is -0.449. The summed E-state index contributed by atoms with van der Waals surface area (Å²) in [5, 5.41) is 2.47. The van der Waals surface area contributed by atoms with Crippen molar-refractivity contribution in [3.63, 3.8) is 0 Å². The third-order valence-electron chi connectivity index (χ3n) is 11.8. The second-order valence-corrected chi connectivity index (χ2v) is 15.7. The van der Waals surface area contributed by atoms with E-state index in [0.29, 0.717) is 17.5 Å². The lowest BCUT2D eigenvalue weighted by atomic mass is 9.68. The first kappa shape index (κ1) is 31.4. The van der Waals surface area contributed by atoms with Crippen molar-refractivity contribution in [1.29, 1.82) is 0 Å². The lowest BCUT2D eigenvalue weighted by Gasteiger charge is -2.32. The van der Waals surface area contributed by atoms with Gasteiger partial charge in [0, 0.05) is 36.9 Å². The quantitative estimate of drug-likeness (QED) is 0.181. The van der Waals surface area contributed by atoms with Gasteiger partial charge in [-0.25, -0.2) is 15.0 Å². The summed E-state index contributed by atoms with van der Waals surface area (Å²) in [6, 6.07) is 67.9. The van der Waals surface area contributed by atoms with Crippen molar-refractivity contribution in [3.8, 4) is 67.5 Å². The van der Waals surface area contributed by atoms with Crippen molar-refractivity contribution in [2.24, 2.45) is 0 Å². The summed E-state index contributed by atoms with van der Waals surface area (Å²) < 4.78 is 2.43. The SMILES string of the molecule is c1ccc(-c2nc(-c3cccc(-c4cccc5c4C4(c6ccccc6-c6ccccc64)c4ccccc4-5)c3)nc(-c3cccc4c3sc3ccccc34)n2)cc1. The van der Waals surface area contributed by atoms with Gasteiger partial charge >= 0.3 is 0 Å². The average Bonchev–Trinajstić information content (AvgIpc) is 3.91. The van der Waals surface area contributed by atoms with Crippen LogP contribution in [0.25, 0.3) is 87.7 Å². The molecule has 2 aromatic heterocycles. The normalized spacial score (nSPS) is 13.1. The Morgan fingerprint density at radius 1 is 0.339 bits per heavy atom. The van der Waals surface area contributed by atoms with Gasteiger partial charge in [0.15, 0.2) is 17.5 Å². The Kier molecular flexibility index (Phi) is 6.72. The van der Waals surface area contributed by atoms with Crippen LogP contribution in [0.4, 0.5) is 0 Å². The van der Waals surface area contributed by atoms with Crippen LogP contribution in [0.3, 0.4) is 0 Å². The first-order valence-corrected chi connectivity index (χ1v) is 19.8. The summed E-state index contributed by atoms with van der Waals surface area (Å²) in [4.78, 5) is 15.6. The molecule has 0 fully saturated rings. The molecule has 2 heterocycles. The van der Waals surface area contributed by atoms with Gasteiger partial charge in [-0.1, -0.05) is 170 Å². The van der Waals surface area contributed by atoms with Crippen LogP contribution in [0.5, 0.6) is 0 Å². The highest BCUT2D eigenvalue weighted by molar-refractivity contribution is 7.26. The van der Waals surface area contributed by atoms with Gasteiger partial charge in [-0.05, 0) is 73.8 Å². The zero-order chi connectivity index (χ0) is 36.8. The van der Waals surface area contributed by atoms with Gasteiger partial charge in [0.25, 0.3) is 0 Å². The molecule has 260 valence electrons. The highest BCUT2D eigenvalue weighted by Gasteiger charge is 2.52. The minimum Gasteiger partial charge on any atom is -0.208 e. The summed E-state index contributed by atoms with van der Waals surface area (Å²) in [7, 11) is 0. The van der Waals surface area contributed by atoms with Crippen molar-refractivity contribution in [3.05, 3.63) is 210 Å². The zero-order valence-electron chi connectivity index (χ0n) is 30.1. The van der Waals surface area contributed by atoms with Crippen LogP contribution in [-0.4, -0.2) is 15.0 Å². The molecule has 3 nitrogen and oxygen atoms in total. The Morgan fingerprint density at radius 3 is 1.57 bits per heavy atom. The first-order valence-electron chi connectivity index (χ1n) is 19.0. The summed E-state index contributed by atoms with van der Waals surface area (Å²) in [6.45, 7) is 0. The van der Waals surface area contributed by atoms with E-state index in [0.717, 1.165) is 22.3 Å². The maximum Gasteiger partial charge on any atom is 0.165 e. The largest absolute Gasteiger partial charge is 0.208 e. The molecule has 0 aliphatic heterocycles. The third-order valence-corrected chi connectivity index (χ3v) is 13.0. The predicted octanol–water partition coefficient (Wildman–Crippen LogP) is 13.3. The topological polar surface area (TPSA) is 38.7 Å². The van der Waals surface area contributed by atoms with Crippen LogP contribution < -0.4 is 0 Å². The zero-order valence-corrected chi connectivity index (χ0v) is 31.0. The highest BCUT2D eigenvalue weighted by atomic mass is 32.1. The molecule has 12 rings (SSSR count). The Balaban J connectivity index is 1.08. The summed E-state index contributed by atoms with van der Waals surface area (Å²) in [6.07, 6.45) is 0. The first-order chi connectivity index (χ1) is 27.8. The molecule has 0 saturated carbocycles. The predicted molar refractivity (Wildman–Crippen MR) is 231 cm³/mol. The molecule has 0 bridgehead atoms. The Morgan fingerprint density at radius 2 is 0.821 bits per heavy atom. The molecule has 10 aromatic rings. The summed E-state index contributed by atoms with van der Waals surface area (Å²) in [5.41, 5.74) is 15.3. The fraction of sp³-hybridized carbons (Fsp3) is 0.0192. The molecule has 8 aromatic carbocycles. The Bertz CT molecular complexity index is 3150. The van der Waals surface area contributed by atoms with Gasteiger partial charge < -0.3 is 0 Å². The minimum absolute atomic E-state index is 0.449. The maximum absolute atomic E-state index is 5.27. The second kappa shape index (κ2) is 12.0. The van der Waals surface area contributed by atoms with Crippen LogP contribution in [0.15, 0.2) is 188 Å². The number of rotatable bonds is 4. The van der Waals surface area contributed by atoms with Crippen LogP contribution in [0, 0.1) is 0 Å². The number of fused-ring (bicyclic) bond motifs is 13. The molecule has 1 spiro atoms. The van der Waals surface area contributed by atoms with Gasteiger partial charge in [-0.3, -0.25) is 0 Å². The number of hydrogen-bond acceptors (Lipinski definition) is 4. The second-order valence-electron chi connectivity index (χ2n) is 14.6. The molecule has 0 radical (unpaired) electrons. The summed E-state index contributed by atoms with van der Waals surface area (Å²) in [5.74, 6) is 1.98. The van der Waals surface area contributed by atoms with E-state index in [1.54, 1.807) is 11.3 Å². The molecule has 56 heavy (non-hydrogen) atoms. The molecule has 4 heteroatoms. The third kappa shape index (κ3) is 4.36. The molecule has 2 aliphatic carbocycles. The lowest BCUT2D eigenvalue weighted by molar-refractivity contribution is 0.796. The Hall–Kier alpha value is -7.01. The molecular weight excluding hydrogens is 699 g/mol. The fourth-order valence-electron chi connectivity index (χ4n) is 9.49. The fourth-order valence-corrected chi connectivity index (χ4v) is 10.7. The van der Waals surface area contributed by atoms with Crippen molar-refractivity contribution >= 4 is 31.5 Å². The number of nitrogens with zero attached hydrogens (tertiary/aromatic N) is 3. The number of thiophene rings is 1. The van der Waals surface area contributed by atoms with Crippen LogP contribution >= 0.6 is 11.3 Å². The van der Waals surface area contributed by atoms with Gasteiger partial charge in [0.05, 0.1) is 5.41 Å². The highest BCUT2D eigenvalue weighted by Crippen LogP contribution is 2.64. The van der Waals surface area contributed by atoms with Crippen molar-refractivity contribution in [2.75, 3.05) is 0 Å². The van der Waals surface area contributed by atoms with E-state index in [2.05, 4.69) is 170 Å². The van der Waals surface area contributed by atoms with E-state index in [4.69, 9.17) is 15.0 Å². The van der Waals surface area contributed by atoms with E-state index < -0.39 is 5.41 Å². The van der Waals surface area contributed by atoms with Crippen molar-refractivity contribution in [1.82, 2.24) is 15.0 Å². The smallest absolute Gasteiger partial charge is 0.165 e. The van der Waals surface area contributed by atoms with E-state index in [1.807, 2.05) is 18.2 Å². The van der Waals surface area contributed by atoms with Crippen LogP contribution in [0.1, 0.15) is 22.3 Å². The summed E-state index contributed by atoms with van der Waals surface area (Å²) >= 11 is 1.79.